The Kier molecular flexibility index (Phi) is 2.37. The summed E-state index contributed by atoms with van der Waals surface area (Å²) in [5.41, 5.74) is 6.91. The molecule has 0 heteroatoms. The van der Waals surface area contributed by atoms with Gasteiger partial charge in [0.1, 0.15) is 0 Å². The summed E-state index contributed by atoms with van der Waals surface area (Å²) in [4.78, 5) is 0. The molecule has 0 spiro atoms. The summed E-state index contributed by atoms with van der Waals surface area (Å²) in [7, 11) is 0. The van der Waals surface area contributed by atoms with Gasteiger partial charge < -0.3 is 0 Å². The smallest absolute Gasteiger partial charge is 0.00136 e. The van der Waals surface area contributed by atoms with E-state index in [1.807, 2.05) is 0 Å². The molecular formula is C25H16. The van der Waals surface area contributed by atoms with Crippen molar-refractivity contribution in [2.75, 3.05) is 0 Å². The molecule has 0 nitrogen and oxygen atoms in total. The Morgan fingerprint density at radius 2 is 1.08 bits per heavy atom. The third-order valence-corrected chi connectivity index (χ3v) is 5.70. The topological polar surface area (TPSA) is 0 Å². The normalized spacial score (nSPS) is 12.2. The molecule has 1 aliphatic rings. The first-order valence-corrected chi connectivity index (χ1v) is 8.81. The van der Waals surface area contributed by atoms with Crippen LogP contribution in [0.5, 0.6) is 0 Å². The van der Waals surface area contributed by atoms with Crippen LogP contribution in [0.15, 0.2) is 78.9 Å². The van der Waals surface area contributed by atoms with E-state index in [2.05, 4.69) is 85.8 Å². The van der Waals surface area contributed by atoms with Crippen molar-refractivity contribution in [2.24, 2.45) is 0 Å². The molecule has 0 saturated heterocycles. The van der Waals surface area contributed by atoms with Gasteiger partial charge in [0.25, 0.3) is 0 Å². The summed E-state index contributed by atoms with van der Waals surface area (Å²) in [6.07, 6.45) is 0. The fourth-order valence-corrected chi connectivity index (χ4v) is 4.74. The van der Waals surface area contributed by atoms with Gasteiger partial charge >= 0.3 is 0 Å². The predicted molar refractivity (Wildman–Crippen MR) is 108 cm³/mol. The lowest BCUT2D eigenvalue weighted by atomic mass is 9.88. The minimum absolute atomic E-state index is 1.33. The Balaban J connectivity index is 2.01. The van der Waals surface area contributed by atoms with E-state index in [1.54, 1.807) is 0 Å². The zero-order valence-corrected chi connectivity index (χ0v) is 14.0. The highest BCUT2D eigenvalue weighted by Crippen LogP contribution is 2.53. The van der Waals surface area contributed by atoms with Crippen LogP contribution < -0.4 is 0 Å². The van der Waals surface area contributed by atoms with Gasteiger partial charge in [0.15, 0.2) is 0 Å². The van der Waals surface area contributed by atoms with Gasteiger partial charge in [0, 0.05) is 0 Å². The fourth-order valence-electron chi connectivity index (χ4n) is 4.74. The Morgan fingerprint density at radius 3 is 1.84 bits per heavy atom. The lowest BCUT2D eigenvalue weighted by Gasteiger charge is -2.14. The van der Waals surface area contributed by atoms with Crippen LogP contribution in [0.25, 0.3) is 54.6 Å². The zero-order valence-electron chi connectivity index (χ0n) is 14.0. The van der Waals surface area contributed by atoms with E-state index in [0.29, 0.717) is 0 Å². The van der Waals surface area contributed by atoms with E-state index in [1.165, 1.54) is 60.1 Å². The lowest BCUT2D eigenvalue weighted by Crippen LogP contribution is -1.88. The Bertz CT molecular complexity index is 1330. The minimum atomic E-state index is 1.33. The summed E-state index contributed by atoms with van der Waals surface area (Å²) in [5.74, 6) is 0. The first kappa shape index (κ1) is 13.2. The van der Waals surface area contributed by atoms with Gasteiger partial charge in [0.05, 0.1) is 0 Å². The maximum atomic E-state index is 2.29. The number of hydrogen-bond acceptors (Lipinski definition) is 0. The first-order valence-electron chi connectivity index (χ1n) is 8.81. The van der Waals surface area contributed by atoms with E-state index in [0.717, 1.165) is 0 Å². The average Bonchev–Trinajstić information content (AvgIpc) is 2.99. The molecule has 5 aromatic carbocycles. The molecule has 0 heterocycles. The van der Waals surface area contributed by atoms with Gasteiger partial charge in [-0.25, -0.2) is 0 Å². The van der Waals surface area contributed by atoms with Crippen molar-refractivity contribution >= 4 is 32.3 Å². The number of fused-ring (bicyclic) bond motifs is 8. The number of aryl methyl sites for hydroxylation is 1. The molecule has 0 aromatic heterocycles. The van der Waals surface area contributed by atoms with Crippen LogP contribution in [-0.2, 0) is 0 Å². The number of hydrogen-bond donors (Lipinski definition) is 0. The molecule has 0 unspecified atom stereocenters. The van der Waals surface area contributed by atoms with Crippen molar-refractivity contribution in [3.05, 3.63) is 84.4 Å². The van der Waals surface area contributed by atoms with Crippen molar-refractivity contribution < 1.29 is 0 Å². The van der Waals surface area contributed by atoms with Gasteiger partial charge in [-0.15, -0.1) is 0 Å². The van der Waals surface area contributed by atoms with E-state index in [-0.39, 0.29) is 0 Å². The molecule has 0 atom stereocenters. The molecule has 0 bridgehead atoms. The largest absolute Gasteiger partial charge is 0.0616 e. The molecule has 1 aliphatic carbocycles. The molecule has 0 radical (unpaired) electrons. The summed E-state index contributed by atoms with van der Waals surface area (Å²) in [5, 5.41) is 8.22. The van der Waals surface area contributed by atoms with Crippen LogP contribution in [-0.4, -0.2) is 0 Å². The minimum Gasteiger partial charge on any atom is -0.0616 e. The van der Waals surface area contributed by atoms with Gasteiger partial charge in [-0.1, -0.05) is 78.9 Å². The Morgan fingerprint density at radius 1 is 0.480 bits per heavy atom. The second kappa shape index (κ2) is 4.49. The van der Waals surface area contributed by atoms with Crippen molar-refractivity contribution in [2.45, 2.75) is 6.92 Å². The second-order valence-electron chi connectivity index (χ2n) is 7.00. The van der Waals surface area contributed by atoms with E-state index < -0.39 is 0 Å². The zero-order chi connectivity index (χ0) is 16.5. The molecule has 0 saturated carbocycles. The predicted octanol–water partition coefficient (Wildman–Crippen LogP) is 7.10. The molecule has 0 N–H and O–H groups in total. The quantitative estimate of drug-likeness (QED) is 0.262. The maximum absolute atomic E-state index is 2.29. The SMILES string of the molecule is Cc1cccc2c3c(c4ccccc4c12)-c1cccc2cccc-3c12. The van der Waals surface area contributed by atoms with Crippen molar-refractivity contribution in [1.82, 2.24) is 0 Å². The number of benzene rings is 5. The van der Waals surface area contributed by atoms with Crippen LogP contribution in [0, 0.1) is 6.92 Å². The van der Waals surface area contributed by atoms with Gasteiger partial charge in [0.2, 0.25) is 0 Å². The Hall–Kier alpha value is -3.12. The fraction of sp³-hybridized carbons (Fsp3) is 0.0400. The van der Waals surface area contributed by atoms with Gasteiger partial charge in [-0.3, -0.25) is 0 Å². The molecule has 5 aromatic rings. The van der Waals surface area contributed by atoms with Crippen LogP contribution in [0.1, 0.15) is 5.56 Å². The van der Waals surface area contributed by atoms with Crippen molar-refractivity contribution in [3.8, 4) is 22.3 Å². The Labute approximate surface area is 146 Å². The molecule has 6 rings (SSSR count). The van der Waals surface area contributed by atoms with E-state index in [4.69, 9.17) is 0 Å². The van der Waals surface area contributed by atoms with Crippen LogP contribution in [0.4, 0.5) is 0 Å². The first-order chi connectivity index (χ1) is 12.3. The maximum Gasteiger partial charge on any atom is -0.00136 e. The average molecular weight is 316 g/mol. The third-order valence-electron chi connectivity index (χ3n) is 5.70. The molecule has 0 aliphatic heterocycles. The third kappa shape index (κ3) is 1.52. The molecule has 0 fully saturated rings. The lowest BCUT2D eigenvalue weighted by molar-refractivity contribution is 1.54. The summed E-state index contributed by atoms with van der Waals surface area (Å²) in [6.45, 7) is 2.23. The summed E-state index contributed by atoms with van der Waals surface area (Å²) < 4.78 is 0. The summed E-state index contributed by atoms with van der Waals surface area (Å²) in [6, 6.07) is 29.0. The molecule has 0 amide bonds. The van der Waals surface area contributed by atoms with Crippen LogP contribution in [0.3, 0.4) is 0 Å². The van der Waals surface area contributed by atoms with Gasteiger partial charge in [-0.2, -0.15) is 0 Å². The molecular weight excluding hydrogens is 300 g/mol. The van der Waals surface area contributed by atoms with E-state index in [9.17, 15) is 0 Å². The highest BCUT2D eigenvalue weighted by Gasteiger charge is 2.26. The van der Waals surface area contributed by atoms with E-state index >= 15 is 0 Å². The number of rotatable bonds is 0. The highest BCUT2D eigenvalue weighted by molar-refractivity contribution is 6.30. The highest BCUT2D eigenvalue weighted by atomic mass is 14.3. The molecule has 116 valence electrons. The summed E-state index contributed by atoms with van der Waals surface area (Å²) >= 11 is 0. The molecule has 25 heavy (non-hydrogen) atoms. The second-order valence-corrected chi connectivity index (χ2v) is 7.00. The monoisotopic (exact) mass is 316 g/mol. The van der Waals surface area contributed by atoms with Crippen molar-refractivity contribution in [3.63, 3.8) is 0 Å². The van der Waals surface area contributed by atoms with Crippen molar-refractivity contribution in [1.29, 1.82) is 0 Å². The standard InChI is InChI=1S/C25H16/c1-15-7-4-12-19-22(15)17-10-2-3-11-18(17)24-20-13-5-8-16-9-6-14-21(23(16)20)25(19)24/h2-14H,1H3. The van der Waals surface area contributed by atoms with Gasteiger partial charge in [-0.05, 0) is 67.1 Å². The van der Waals surface area contributed by atoms with Crippen LogP contribution >= 0.6 is 0 Å². The van der Waals surface area contributed by atoms with Crippen LogP contribution in [0.2, 0.25) is 0 Å².